The highest BCUT2D eigenvalue weighted by Crippen LogP contribution is 2.27. The predicted octanol–water partition coefficient (Wildman–Crippen LogP) is 3.21. The van der Waals surface area contributed by atoms with Crippen molar-refractivity contribution < 1.29 is 4.39 Å². The van der Waals surface area contributed by atoms with Gasteiger partial charge in [-0.2, -0.15) is 5.26 Å². The van der Waals surface area contributed by atoms with Gasteiger partial charge < -0.3 is 0 Å². The van der Waals surface area contributed by atoms with Gasteiger partial charge in [0.1, 0.15) is 11.9 Å². The molecule has 0 spiro atoms. The molecule has 0 atom stereocenters. The Morgan fingerprint density at radius 1 is 1.47 bits per heavy atom. The van der Waals surface area contributed by atoms with Gasteiger partial charge in [-0.05, 0) is 25.1 Å². The van der Waals surface area contributed by atoms with E-state index < -0.39 is 0 Å². The molecule has 0 aliphatic heterocycles. The lowest BCUT2D eigenvalue weighted by atomic mass is 10.1. The van der Waals surface area contributed by atoms with Crippen LogP contribution in [-0.4, -0.2) is 4.98 Å². The minimum Gasteiger partial charge on any atom is -0.252 e. The van der Waals surface area contributed by atoms with E-state index in [1.165, 1.54) is 12.1 Å². The molecule has 1 aromatic carbocycles. The molecule has 0 unspecified atom stereocenters. The van der Waals surface area contributed by atoms with Crippen LogP contribution >= 0.6 is 11.6 Å². The molecule has 2 rings (SSSR count). The van der Waals surface area contributed by atoms with Gasteiger partial charge in [-0.1, -0.05) is 11.6 Å². The Morgan fingerprint density at radius 2 is 2.20 bits per heavy atom. The van der Waals surface area contributed by atoms with Crippen LogP contribution in [0.25, 0.3) is 10.9 Å². The molecule has 1 aromatic heterocycles. The number of hydrogen-bond donors (Lipinski definition) is 0. The molecule has 0 radical (unpaired) electrons. The molecular formula is C11H6ClFN2. The van der Waals surface area contributed by atoms with Gasteiger partial charge in [0.2, 0.25) is 0 Å². The normalized spacial score (nSPS) is 10.3. The van der Waals surface area contributed by atoms with E-state index in [0.717, 1.165) is 0 Å². The van der Waals surface area contributed by atoms with E-state index in [-0.39, 0.29) is 10.8 Å². The second kappa shape index (κ2) is 3.48. The number of aryl methyl sites for hydroxylation is 1. The average Bonchev–Trinajstić information content (AvgIpc) is 2.20. The summed E-state index contributed by atoms with van der Waals surface area (Å²) in [4.78, 5) is 4.17. The summed E-state index contributed by atoms with van der Waals surface area (Å²) in [6.45, 7) is 1.70. The van der Waals surface area contributed by atoms with E-state index in [0.29, 0.717) is 22.2 Å². The Hall–Kier alpha value is -1.66. The van der Waals surface area contributed by atoms with Crippen LogP contribution < -0.4 is 0 Å². The van der Waals surface area contributed by atoms with Gasteiger partial charge in [0.25, 0.3) is 0 Å². The van der Waals surface area contributed by atoms with Crippen molar-refractivity contribution >= 4 is 22.5 Å². The van der Waals surface area contributed by atoms with Crippen molar-refractivity contribution in [1.82, 2.24) is 4.98 Å². The van der Waals surface area contributed by atoms with Crippen LogP contribution in [0.15, 0.2) is 18.2 Å². The second-order valence-corrected chi connectivity index (χ2v) is 3.54. The van der Waals surface area contributed by atoms with Gasteiger partial charge in [-0.25, -0.2) is 4.39 Å². The highest BCUT2D eigenvalue weighted by atomic mass is 35.5. The molecule has 74 valence electrons. The molecule has 0 amide bonds. The van der Waals surface area contributed by atoms with Crippen molar-refractivity contribution in [2.24, 2.45) is 0 Å². The third-order valence-corrected chi connectivity index (χ3v) is 2.57. The molecular weight excluding hydrogens is 215 g/mol. The highest BCUT2D eigenvalue weighted by Gasteiger charge is 2.10. The van der Waals surface area contributed by atoms with Crippen LogP contribution in [-0.2, 0) is 0 Å². The molecule has 0 bridgehead atoms. The summed E-state index contributed by atoms with van der Waals surface area (Å²) in [6, 6.07) is 6.10. The quantitative estimate of drug-likeness (QED) is 0.684. The Kier molecular flexibility index (Phi) is 2.29. The van der Waals surface area contributed by atoms with Crippen LogP contribution in [0.4, 0.5) is 4.39 Å². The smallest absolute Gasteiger partial charge is 0.124 e. The first-order valence-electron chi connectivity index (χ1n) is 4.29. The first kappa shape index (κ1) is 9.88. The maximum atomic E-state index is 13.0. The lowest BCUT2D eigenvalue weighted by Crippen LogP contribution is -1.92. The zero-order valence-electron chi connectivity index (χ0n) is 7.88. The van der Waals surface area contributed by atoms with Gasteiger partial charge in [-0.15, -0.1) is 0 Å². The van der Waals surface area contributed by atoms with Crippen molar-refractivity contribution in [3.63, 3.8) is 0 Å². The summed E-state index contributed by atoms with van der Waals surface area (Å²) >= 11 is 5.99. The number of halogens is 2. The summed E-state index contributed by atoms with van der Waals surface area (Å²) in [6.07, 6.45) is 0. The Labute approximate surface area is 90.9 Å². The molecule has 1 heterocycles. The highest BCUT2D eigenvalue weighted by molar-refractivity contribution is 6.36. The van der Waals surface area contributed by atoms with Crippen LogP contribution in [0.3, 0.4) is 0 Å². The fraction of sp³-hybridized carbons (Fsp3) is 0.0909. The second-order valence-electron chi connectivity index (χ2n) is 3.16. The number of aromatic nitrogens is 1. The first-order valence-corrected chi connectivity index (χ1v) is 4.66. The van der Waals surface area contributed by atoms with E-state index in [2.05, 4.69) is 4.98 Å². The standard InChI is InChI=1S/C11H6ClFN2/c1-6-9(5-14)11(12)8-4-7(13)2-3-10(8)15-6/h2-4H,1H3. The van der Waals surface area contributed by atoms with Crippen LogP contribution in [0, 0.1) is 24.1 Å². The van der Waals surface area contributed by atoms with Crippen LogP contribution in [0.2, 0.25) is 5.02 Å². The molecule has 0 N–H and O–H groups in total. The zero-order chi connectivity index (χ0) is 11.0. The van der Waals surface area contributed by atoms with E-state index in [1.54, 1.807) is 13.0 Å². The minimum absolute atomic E-state index is 0.263. The fourth-order valence-electron chi connectivity index (χ4n) is 1.44. The summed E-state index contributed by atoms with van der Waals surface area (Å²) in [5, 5.41) is 9.59. The molecule has 0 fully saturated rings. The van der Waals surface area contributed by atoms with E-state index >= 15 is 0 Å². The van der Waals surface area contributed by atoms with E-state index in [1.807, 2.05) is 6.07 Å². The Morgan fingerprint density at radius 3 is 2.87 bits per heavy atom. The van der Waals surface area contributed by atoms with Gasteiger partial charge >= 0.3 is 0 Å². The molecule has 0 aliphatic rings. The Bertz CT molecular complexity index is 587. The fourth-order valence-corrected chi connectivity index (χ4v) is 1.77. The number of fused-ring (bicyclic) bond motifs is 1. The van der Waals surface area contributed by atoms with Gasteiger partial charge in [0.05, 0.1) is 21.8 Å². The Balaban J connectivity index is 2.94. The van der Waals surface area contributed by atoms with Gasteiger partial charge in [-0.3, -0.25) is 4.98 Å². The predicted molar refractivity (Wildman–Crippen MR) is 56.2 cm³/mol. The minimum atomic E-state index is -0.390. The molecule has 0 saturated carbocycles. The van der Waals surface area contributed by atoms with E-state index in [9.17, 15) is 4.39 Å². The topological polar surface area (TPSA) is 36.7 Å². The number of hydrogen-bond acceptors (Lipinski definition) is 2. The number of nitrogens with zero attached hydrogens (tertiary/aromatic N) is 2. The van der Waals surface area contributed by atoms with Crippen LogP contribution in [0.5, 0.6) is 0 Å². The monoisotopic (exact) mass is 220 g/mol. The summed E-state index contributed by atoms with van der Waals surface area (Å²) in [5.74, 6) is -0.390. The molecule has 0 aliphatic carbocycles. The van der Waals surface area contributed by atoms with Gasteiger partial charge in [0, 0.05) is 5.39 Å². The van der Waals surface area contributed by atoms with Crippen molar-refractivity contribution in [3.8, 4) is 6.07 Å². The number of pyridine rings is 1. The number of benzene rings is 1. The molecule has 4 heteroatoms. The lowest BCUT2D eigenvalue weighted by Gasteiger charge is -2.04. The van der Waals surface area contributed by atoms with Crippen molar-refractivity contribution in [1.29, 1.82) is 5.26 Å². The van der Waals surface area contributed by atoms with Crippen molar-refractivity contribution in [2.45, 2.75) is 6.92 Å². The molecule has 0 saturated heterocycles. The van der Waals surface area contributed by atoms with Crippen molar-refractivity contribution in [3.05, 3.63) is 40.3 Å². The van der Waals surface area contributed by atoms with Crippen LogP contribution in [0.1, 0.15) is 11.3 Å². The molecule has 15 heavy (non-hydrogen) atoms. The van der Waals surface area contributed by atoms with E-state index in [4.69, 9.17) is 16.9 Å². The number of rotatable bonds is 0. The largest absolute Gasteiger partial charge is 0.252 e. The molecule has 2 nitrogen and oxygen atoms in total. The average molecular weight is 221 g/mol. The summed E-state index contributed by atoms with van der Waals surface area (Å²) in [7, 11) is 0. The lowest BCUT2D eigenvalue weighted by molar-refractivity contribution is 0.629. The maximum Gasteiger partial charge on any atom is 0.124 e. The van der Waals surface area contributed by atoms with Gasteiger partial charge in [0.15, 0.2) is 0 Å². The SMILES string of the molecule is Cc1nc2ccc(F)cc2c(Cl)c1C#N. The first-order chi connectivity index (χ1) is 7.13. The van der Waals surface area contributed by atoms with Crippen molar-refractivity contribution in [2.75, 3.05) is 0 Å². The molecule has 2 aromatic rings. The summed E-state index contributed by atoms with van der Waals surface area (Å²) < 4.78 is 13.0. The number of nitriles is 1. The third-order valence-electron chi connectivity index (χ3n) is 2.18. The maximum absolute atomic E-state index is 13.0. The third kappa shape index (κ3) is 1.53. The zero-order valence-corrected chi connectivity index (χ0v) is 8.64. The summed E-state index contributed by atoms with van der Waals surface area (Å²) in [5.41, 5.74) is 1.45.